The number of fused-ring (bicyclic) bond motifs is 1. The van der Waals surface area contributed by atoms with Gasteiger partial charge in [0, 0.05) is 37.8 Å². The van der Waals surface area contributed by atoms with E-state index in [1.807, 2.05) is 41.3 Å². The fourth-order valence-corrected chi connectivity index (χ4v) is 4.36. The molecule has 30 heavy (non-hydrogen) atoms. The highest BCUT2D eigenvalue weighted by molar-refractivity contribution is 6.00. The maximum Gasteiger partial charge on any atom is 0.228 e. The molecule has 3 aliphatic rings. The summed E-state index contributed by atoms with van der Waals surface area (Å²) in [6.07, 6.45) is 3.22. The normalized spacial score (nSPS) is 20.9. The van der Waals surface area contributed by atoms with Crippen molar-refractivity contribution in [3.05, 3.63) is 60.2 Å². The van der Waals surface area contributed by atoms with E-state index in [4.69, 9.17) is 9.47 Å². The van der Waals surface area contributed by atoms with Crippen LogP contribution in [0.2, 0.25) is 0 Å². The minimum atomic E-state index is -0.308. The molecule has 0 spiro atoms. The van der Waals surface area contributed by atoms with Gasteiger partial charge in [-0.15, -0.1) is 0 Å². The number of ether oxygens (including phenoxy) is 2. The highest BCUT2D eigenvalue weighted by Gasteiger charge is 2.37. The van der Waals surface area contributed by atoms with Gasteiger partial charge in [0.25, 0.3) is 0 Å². The van der Waals surface area contributed by atoms with E-state index in [-0.39, 0.29) is 24.2 Å². The lowest BCUT2D eigenvalue weighted by Crippen LogP contribution is -2.39. The highest BCUT2D eigenvalue weighted by Crippen LogP contribution is 2.36. The Balaban J connectivity index is 1.26. The van der Waals surface area contributed by atoms with Gasteiger partial charge in [0.15, 0.2) is 11.5 Å². The number of benzene rings is 2. The summed E-state index contributed by atoms with van der Waals surface area (Å²) in [5.74, 6) is 1.07. The Hall–Kier alpha value is -3.28. The van der Waals surface area contributed by atoms with Crippen LogP contribution in [0.25, 0.3) is 5.57 Å². The number of amides is 2. The van der Waals surface area contributed by atoms with E-state index in [1.165, 1.54) is 11.1 Å². The number of rotatable bonds is 3. The predicted octanol–water partition coefficient (Wildman–Crippen LogP) is 3.13. The molecule has 1 fully saturated rings. The lowest BCUT2D eigenvalue weighted by atomic mass is 9.98. The van der Waals surface area contributed by atoms with Crippen LogP contribution < -0.4 is 14.4 Å². The van der Waals surface area contributed by atoms with Crippen molar-refractivity contribution in [1.29, 1.82) is 0 Å². The zero-order chi connectivity index (χ0) is 20.5. The molecule has 1 saturated heterocycles. The van der Waals surface area contributed by atoms with Crippen LogP contribution in [0.15, 0.2) is 54.6 Å². The molecule has 2 aromatic carbocycles. The van der Waals surface area contributed by atoms with Crippen LogP contribution in [0.5, 0.6) is 11.5 Å². The van der Waals surface area contributed by atoms with E-state index in [9.17, 15) is 9.59 Å². The Morgan fingerprint density at radius 2 is 1.80 bits per heavy atom. The van der Waals surface area contributed by atoms with Gasteiger partial charge in [-0.3, -0.25) is 9.59 Å². The van der Waals surface area contributed by atoms with Crippen molar-refractivity contribution in [2.45, 2.75) is 12.8 Å². The van der Waals surface area contributed by atoms with E-state index in [2.05, 4.69) is 18.2 Å². The molecule has 0 radical (unpaired) electrons. The van der Waals surface area contributed by atoms with Crippen molar-refractivity contribution in [2.75, 3.05) is 37.7 Å². The van der Waals surface area contributed by atoms with Gasteiger partial charge >= 0.3 is 0 Å². The molecule has 6 nitrogen and oxygen atoms in total. The minimum absolute atomic E-state index is 0.0254. The largest absolute Gasteiger partial charge is 0.486 e. The van der Waals surface area contributed by atoms with Gasteiger partial charge in [0.2, 0.25) is 11.8 Å². The van der Waals surface area contributed by atoms with Gasteiger partial charge in [-0.25, -0.2) is 0 Å². The van der Waals surface area contributed by atoms with Gasteiger partial charge in [0.05, 0.1) is 5.92 Å². The average Bonchev–Trinajstić information content (AvgIpc) is 3.20. The lowest BCUT2D eigenvalue weighted by Gasteiger charge is -2.29. The molecule has 1 atom stereocenters. The Labute approximate surface area is 175 Å². The Kier molecular flexibility index (Phi) is 4.91. The Bertz CT molecular complexity index is 1000. The van der Waals surface area contributed by atoms with Crippen LogP contribution in [0.1, 0.15) is 18.4 Å². The molecule has 2 aromatic rings. The van der Waals surface area contributed by atoms with E-state index in [1.54, 1.807) is 4.90 Å². The molecule has 0 saturated carbocycles. The second-order valence-electron chi connectivity index (χ2n) is 7.86. The number of nitrogens with zero attached hydrogens (tertiary/aromatic N) is 2. The quantitative estimate of drug-likeness (QED) is 0.789. The van der Waals surface area contributed by atoms with Crippen molar-refractivity contribution in [3.63, 3.8) is 0 Å². The monoisotopic (exact) mass is 404 g/mol. The molecule has 0 aliphatic carbocycles. The number of carbonyl (C=O) groups excluding carboxylic acids is 2. The summed E-state index contributed by atoms with van der Waals surface area (Å²) in [6.45, 7) is 2.72. The number of hydrogen-bond acceptors (Lipinski definition) is 4. The third-order valence-corrected chi connectivity index (χ3v) is 5.98. The molecule has 154 valence electrons. The Morgan fingerprint density at radius 3 is 2.57 bits per heavy atom. The molecule has 0 aromatic heterocycles. The molecule has 0 bridgehead atoms. The van der Waals surface area contributed by atoms with Crippen LogP contribution >= 0.6 is 0 Å². The second-order valence-corrected chi connectivity index (χ2v) is 7.86. The van der Waals surface area contributed by atoms with Crippen LogP contribution in [-0.2, 0) is 9.59 Å². The number of carbonyl (C=O) groups is 2. The third kappa shape index (κ3) is 3.54. The zero-order valence-corrected chi connectivity index (χ0v) is 16.8. The van der Waals surface area contributed by atoms with Crippen LogP contribution in [0, 0.1) is 5.92 Å². The van der Waals surface area contributed by atoms with Crippen LogP contribution in [0.3, 0.4) is 0 Å². The summed E-state index contributed by atoms with van der Waals surface area (Å²) >= 11 is 0. The van der Waals surface area contributed by atoms with Gasteiger partial charge in [-0.1, -0.05) is 36.4 Å². The maximum absolute atomic E-state index is 13.1. The summed E-state index contributed by atoms with van der Waals surface area (Å²) in [7, 11) is 0. The first-order valence-electron chi connectivity index (χ1n) is 10.4. The molecule has 5 rings (SSSR count). The van der Waals surface area contributed by atoms with Crippen molar-refractivity contribution in [3.8, 4) is 11.5 Å². The summed E-state index contributed by atoms with van der Waals surface area (Å²) in [5, 5.41) is 0. The van der Waals surface area contributed by atoms with Crippen molar-refractivity contribution >= 4 is 23.1 Å². The molecule has 3 heterocycles. The van der Waals surface area contributed by atoms with Gasteiger partial charge in [-0.2, -0.15) is 0 Å². The fourth-order valence-electron chi connectivity index (χ4n) is 4.36. The second kappa shape index (κ2) is 7.86. The minimum Gasteiger partial charge on any atom is -0.486 e. The molecular formula is C24H24N2O4. The topological polar surface area (TPSA) is 59.1 Å². The molecule has 2 amide bonds. The van der Waals surface area contributed by atoms with Crippen LogP contribution in [-0.4, -0.2) is 49.6 Å². The SMILES string of the molecule is O=C([C@H]1CC(=O)N(c2ccc3c(c2)OCCO3)C1)N1CC=C(c2ccccc2)CC1. The summed E-state index contributed by atoms with van der Waals surface area (Å²) < 4.78 is 11.2. The van der Waals surface area contributed by atoms with Crippen molar-refractivity contribution < 1.29 is 19.1 Å². The van der Waals surface area contributed by atoms with Gasteiger partial charge in [0.1, 0.15) is 13.2 Å². The first kappa shape index (κ1) is 18.7. The molecule has 3 aliphatic heterocycles. The molecule has 0 N–H and O–H groups in total. The standard InChI is InChI=1S/C24H24N2O4/c27-23-14-19(16-26(23)20-6-7-21-22(15-20)30-13-12-29-21)24(28)25-10-8-18(9-11-25)17-4-2-1-3-5-17/h1-8,15,19H,9-14,16H2/t19-/m0/s1. The van der Waals surface area contributed by atoms with E-state index >= 15 is 0 Å². The van der Waals surface area contributed by atoms with Gasteiger partial charge < -0.3 is 19.3 Å². The van der Waals surface area contributed by atoms with Crippen molar-refractivity contribution in [2.24, 2.45) is 5.92 Å². The van der Waals surface area contributed by atoms with E-state index in [0.717, 1.165) is 12.1 Å². The summed E-state index contributed by atoms with van der Waals surface area (Å²) in [6, 6.07) is 15.8. The van der Waals surface area contributed by atoms with Crippen LogP contribution in [0.4, 0.5) is 5.69 Å². The molecule has 0 unspecified atom stereocenters. The lowest BCUT2D eigenvalue weighted by molar-refractivity contribution is -0.135. The first-order valence-corrected chi connectivity index (χ1v) is 10.4. The number of anilines is 1. The average molecular weight is 404 g/mol. The third-order valence-electron chi connectivity index (χ3n) is 5.98. The fraction of sp³-hybridized carbons (Fsp3) is 0.333. The number of hydrogen-bond donors (Lipinski definition) is 0. The van der Waals surface area contributed by atoms with Crippen molar-refractivity contribution in [1.82, 2.24) is 4.90 Å². The molecule has 6 heteroatoms. The predicted molar refractivity (Wildman–Crippen MR) is 114 cm³/mol. The molecular weight excluding hydrogens is 380 g/mol. The summed E-state index contributed by atoms with van der Waals surface area (Å²) in [5.41, 5.74) is 3.25. The van der Waals surface area contributed by atoms with E-state index < -0.39 is 0 Å². The smallest absolute Gasteiger partial charge is 0.228 e. The first-order chi connectivity index (χ1) is 14.7. The maximum atomic E-state index is 13.1. The summed E-state index contributed by atoms with van der Waals surface area (Å²) in [4.78, 5) is 29.3. The zero-order valence-electron chi connectivity index (χ0n) is 16.8. The highest BCUT2D eigenvalue weighted by atomic mass is 16.6. The van der Waals surface area contributed by atoms with Gasteiger partial charge in [-0.05, 0) is 29.7 Å². The Morgan fingerprint density at radius 1 is 1.00 bits per heavy atom. The van der Waals surface area contributed by atoms with E-state index in [0.29, 0.717) is 44.3 Å².